The number of aromatic nitrogens is 2. The van der Waals surface area contributed by atoms with Crippen LogP contribution in [0.4, 0.5) is 0 Å². The van der Waals surface area contributed by atoms with Gasteiger partial charge in [0.2, 0.25) is 0 Å². The molecule has 4 nitrogen and oxygen atoms in total. The molecule has 0 bridgehead atoms. The van der Waals surface area contributed by atoms with E-state index in [0.29, 0.717) is 0 Å². The van der Waals surface area contributed by atoms with Gasteiger partial charge in [0.25, 0.3) is 0 Å². The minimum absolute atomic E-state index is 0.151. The van der Waals surface area contributed by atoms with Gasteiger partial charge in [-0.3, -0.25) is 4.68 Å². The first-order chi connectivity index (χ1) is 9.76. The fourth-order valence-electron chi connectivity index (χ4n) is 2.15. The first kappa shape index (κ1) is 14.6. The molecule has 20 heavy (non-hydrogen) atoms. The molecule has 1 aromatic carbocycles. The third-order valence-electron chi connectivity index (χ3n) is 3.37. The zero-order valence-corrected chi connectivity index (χ0v) is 12.2. The van der Waals surface area contributed by atoms with Gasteiger partial charge in [-0.2, -0.15) is 5.10 Å². The number of benzene rings is 1. The summed E-state index contributed by atoms with van der Waals surface area (Å²) < 4.78 is 7.59. The maximum Gasteiger partial charge on any atom is 0.119 e. The second-order valence-electron chi connectivity index (χ2n) is 4.82. The highest BCUT2D eigenvalue weighted by atomic mass is 16.5. The summed E-state index contributed by atoms with van der Waals surface area (Å²) in [6.45, 7) is 5.81. The maximum atomic E-state index is 6.31. The van der Waals surface area contributed by atoms with Crippen molar-refractivity contribution in [3.63, 3.8) is 0 Å². The molecule has 0 aliphatic carbocycles. The summed E-state index contributed by atoms with van der Waals surface area (Å²) in [6.07, 6.45) is 4.02. The second kappa shape index (κ2) is 7.10. The molecule has 1 atom stereocenters. The molecule has 0 spiro atoms. The monoisotopic (exact) mass is 273 g/mol. The average Bonchev–Trinajstić information content (AvgIpc) is 2.96. The highest BCUT2D eigenvalue weighted by molar-refractivity contribution is 5.32. The quantitative estimate of drug-likeness (QED) is 0.788. The normalized spacial score (nSPS) is 12.3. The number of aryl methyl sites for hydroxylation is 1. The smallest absolute Gasteiger partial charge is 0.119 e. The van der Waals surface area contributed by atoms with Crippen LogP contribution in [0.15, 0.2) is 36.5 Å². The standard InChI is InChI=1S/C16H23N3O/c1-3-5-12-20-14-8-6-13(7-9-14)16(17)15-10-11-18-19(15)4-2/h6-11,16H,3-5,12,17H2,1-2H3. The lowest BCUT2D eigenvalue weighted by atomic mass is 10.0. The molecule has 1 heterocycles. The second-order valence-corrected chi connectivity index (χ2v) is 4.82. The number of hydrogen-bond donors (Lipinski definition) is 1. The van der Waals surface area contributed by atoms with Crippen molar-refractivity contribution in [3.05, 3.63) is 47.8 Å². The van der Waals surface area contributed by atoms with Crippen molar-refractivity contribution in [2.45, 2.75) is 39.3 Å². The van der Waals surface area contributed by atoms with E-state index in [1.807, 2.05) is 35.0 Å². The van der Waals surface area contributed by atoms with Gasteiger partial charge in [-0.15, -0.1) is 0 Å². The van der Waals surface area contributed by atoms with Crippen LogP contribution >= 0.6 is 0 Å². The largest absolute Gasteiger partial charge is 0.494 e. The minimum atomic E-state index is -0.151. The summed E-state index contributed by atoms with van der Waals surface area (Å²) >= 11 is 0. The lowest BCUT2D eigenvalue weighted by Crippen LogP contribution is -2.17. The van der Waals surface area contributed by atoms with E-state index in [2.05, 4.69) is 18.9 Å². The van der Waals surface area contributed by atoms with E-state index >= 15 is 0 Å². The van der Waals surface area contributed by atoms with Crippen LogP contribution in [-0.4, -0.2) is 16.4 Å². The Morgan fingerprint density at radius 1 is 1.20 bits per heavy atom. The van der Waals surface area contributed by atoms with Gasteiger partial charge in [0.15, 0.2) is 0 Å². The third-order valence-corrected chi connectivity index (χ3v) is 3.37. The van der Waals surface area contributed by atoms with Gasteiger partial charge in [0.1, 0.15) is 5.75 Å². The van der Waals surface area contributed by atoms with Crippen molar-refractivity contribution in [2.75, 3.05) is 6.61 Å². The van der Waals surface area contributed by atoms with Gasteiger partial charge in [-0.05, 0) is 37.1 Å². The summed E-state index contributed by atoms with van der Waals surface area (Å²) in [5.41, 5.74) is 8.41. The molecular weight excluding hydrogens is 250 g/mol. The molecule has 0 radical (unpaired) electrons. The summed E-state index contributed by atoms with van der Waals surface area (Å²) in [6, 6.07) is 9.84. The van der Waals surface area contributed by atoms with E-state index < -0.39 is 0 Å². The number of nitrogens with zero attached hydrogens (tertiary/aromatic N) is 2. The SMILES string of the molecule is CCCCOc1ccc(C(N)c2ccnn2CC)cc1. The van der Waals surface area contributed by atoms with E-state index in [-0.39, 0.29) is 6.04 Å². The molecule has 1 aromatic heterocycles. The van der Waals surface area contributed by atoms with Crippen molar-refractivity contribution in [3.8, 4) is 5.75 Å². The van der Waals surface area contributed by atoms with E-state index in [1.165, 1.54) is 0 Å². The highest BCUT2D eigenvalue weighted by Crippen LogP contribution is 2.22. The van der Waals surface area contributed by atoms with Gasteiger partial charge < -0.3 is 10.5 Å². The Labute approximate surface area is 120 Å². The summed E-state index contributed by atoms with van der Waals surface area (Å²) in [5.74, 6) is 0.901. The van der Waals surface area contributed by atoms with Gasteiger partial charge in [0, 0.05) is 12.7 Å². The van der Waals surface area contributed by atoms with E-state index in [4.69, 9.17) is 10.5 Å². The Hall–Kier alpha value is -1.81. The van der Waals surface area contributed by atoms with E-state index in [9.17, 15) is 0 Å². The number of unbranched alkanes of at least 4 members (excludes halogenated alkanes) is 1. The van der Waals surface area contributed by atoms with Crippen LogP contribution < -0.4 is 10.5 Å². The molecule has 2 N–H and O–H groups in total. The molecule has 0 saturated heterocycles. The van der Waals surface area contributed by atoms with Crippen molar-refractivity contribution in [2.24, 2.45) is 5.73 Å². The molecule has 108 valence electrons. The van der Waals surface area contributed by atoms with Crippen molar-refractivity contribution < 1.29 is 4.74 Å². The Morgan fingerprint density at radius 2 is 1.95 bits per heavy atom. The zero-order valence-electron chi connectivity index (χ0n) is 12.2. The molecule has 0 aliphatic heterocycles. The number of nitrogens with two attached hydrogens (primary N) is 1. The molecule has 2 rings (SSSR count). The Balaban J connectivity index is 2.05. The Morgan fingerprint density at radius 3 is 2.60 bits per heavy atom. The summed E-state index contributed by atoms with van der Waals surface area (Å²) in [5, 5.41) is 4.26. The molecule has 0 aliphatic rings. The summed E-state index contributed by atoms with van der Waals surface area (Å²) in [4.78, 5) is 0. The molecule has 0 fully saturated rings. The topological polar surface area (TPSA) is 53.1 Å². The summed E-state index contributed by atoms with van der Waals surface area (Å²) in [7, 11) is 0. The number of hydrogen-bond acceptors (Lipinski definition) is 3. The van der Waals surface area contributed by atoms with Crippen LogP contribution in [-0.2, 0) is 6.54 Å². The third kappa shape index (κ3) is 3.39. The van der Waals surface area contributed by atoms with Crippen molar-refractivity contribution >= 4 is 0 Å². The van der Waals surface area contributed by atoms with Crippen LogP contribution in [0.3, 0.4) is 0 Å². The van der Waals surface area contributed by atoms with Crippen LogP contribution in [0, 0.1) is 0 Å². The molecule has 0 amide bonds. The Kier molecular flexibility index (Phi) is 5.18. The van der Waals surface area contributed by atoms with E-state index in [1.54, 1.807) is 6.20 Å². The van der Waals surface area contributed by atoms with Gasteiger partial charge in [-0.25, -0.2) is 0 Å². The van der Waals surface area contributed by atoms with Crippen molar-refractivity contribution in [1.82, 2.24) is 9.78 Å². The molecular formula is C16H23N3O. The molecule has 2 aromatic rings. The number of ether oxygens (including phenoxy) is 1. The van der Waals surface area contributed by atoms with E-state index in [0.717, 1.165) is 43.0 Å². The van der Waals surface area contributed by atoms with Gasteiger partial charge in [0.05, 0.1) is 18.3 Å². The Bertz CT molecular complexity index is 519. The highest BCUT2D eigenvalue weighted by Gasteiger charge is 2.13. The molecule has 1 unspecified atom stereocenters. The van der Waals surface area contributed by atoms with Crippen LogP contribution in [0.5, 0.6) is 5.75 Å². The first-order valence-electron chi connectivity index (χ1n) is 7.26. The lowest BCUT2D eigenvalue weighted by molar-refractivity contribution is 0.309. The van der Waals surface area contributed by atoms with Crippen LogP contribution in [0.25, 0.3) is 0 Å². The van der Waals surface area contributed by atoms with Crippen LogP contribution in [0.2, 0.25) is 0 Å². The van der Waals surface area contributed by atoms with Crippen molar-refractivity contribution in [1.29, 1.82) is 0 Å². The predicted molar refractivity (Wildman–Crippen MR) is 80.8 cm³/mol. The predicted octanol–water partition coefficient (Wildman–Crippen LogP) is 3.13. The number of rotatable bonds is 7. The lowest BCUT2D eigenvalue weighted by Gasteiger charge is -2.14. The maximum absolute atomic E-state index is 6.31. The zero-order chi connectivity index (χ0) is 14.4. The van der Waals surface area contributed by atoms with Gasteiger partial charge >= 0.3 is 0 Å². The van der Waals surface area contributed by atoms with Crippen LogP contribution in [0.1, 0.15) is 44.0 Å². The van der Waals surface area contributed by atoms with Gasteiger partial charge in [-0.1, -0.05) is 25.5 Å². The minimum Gasteiger partial charge on any atom is -0.494 e. The average molecular weight is 273 g/mol. The molecule has 4 heteroatoms. The first-order valence-corrected chi connectivity index (χ1v) is 7.26. The fourth-order valence-corrected chi connectivity index (χ4v) is 2.15. The fraction of sp³-hybridized carbons (Fsp3) is 0.438. The molecule has 0 saturated carbocycles.